The zero-order valence-electron chi connectivity index (χ0n) is 11.3. The summed E-state index contributed by atoms with van der Waals surface area (Å²) in [4.78, 5) is 16.0. The number of hydrogen-bond donors (Lipinski definition) is 1. The molecule has 18 heavy (non-hydrogen) atoms. The Labute approximate surface area is 113 Å². The molecule has 0 aliphatic heterocycles. The number of likely N-dealkylation sites (N-methyl/N-ethyl adjacent to an activating group) is 1. The van der Waals surface area contributed by atoms with E-state index in [1.165, 1.54) is 5.56 Å². The number of thioether (sulfide) groups is 1. The van der Waals surface area contributed by atoms with Crippen LogP contribution in [0.1, 0.15) is 18.2 Å². The average molecular weight is 268 g/mol. The van der Waals surface area contributed by atoms with Gasteiger partial charge in [0.2, 0.25) is 0 Å². The highest BCUT2D eigenvalue weighted by Gasteiger charge is 2.17. The van der Waals surface area contributed by atoms with Gasteiger partial charge in [-0.05, 0) is 45.5 Å². The van der Waals surface area contributed by atoms with Crippen molar-refractivity contribution < 1.29 is 9.53 Å². The number of esters is 1. The lowest BCUT2D eigenvalue weighted by atomic mass is 10.3. The maximum absolute atomic E-state index is 11.6. The highest BCUT2D eigenvalue weighted by Crippen LogP contribution is 2.18. The van der Waals surface area contributed by atoms with Crippen LogP contribution in [-0.4, -0.2) is 36.4 Å². The molecule has 0 radical (unpaired) electrons. The topological polar surface area (TPSA) is 51.2 Å². The Morgan fingerprint density at radius 2 is 2.22 bits per heavy atom. The number of aryl methyl sites for hydroxylation is 2. The van der Waals surface area contributed by atoms with Gasteiger partial charge in [0.15, 0.2) is 0 Å². The second-order valence-electron chi connectivity index (χ2n) is 4.03. The van der Waals surface area contributed by atoms with Crippen molar-refractivity contribution in [2.24, 2.45) is 0 Å². The molecule has 1 heterocycles. The van der Waals surface area contributed by atoms with Gasteiger partial charge in [0, 0.05) is 11.4 Å². The lowest BCUT2D eigenvalue weighted by molar-refractivity contribution is -0.144. The van der Waals surface area contributed by atoms with Crippen molar-refractivity contribution in [1.29, 1.82) is 0 Å². The van der Waals surface area contributed by atoms with Crippen LogP contribution in [0.2, 0.25) is 0 Å². The molecule has 0 spiro atoms. The van der Waals surface area contributed by atoms with E-state index in [0.29, 0.717) is 12.4 Å². The molecular formula is C13H20N2O2S. The first-order chi connectivity index (χ1) is 8.56. The summed E-state index contributed by atoms with van der Waals surface area (Å²) >= 11 is 1.56. The summed E-state index contributed by atoms with van der Waals surface area (Å²) in [6, 6.07) is 3.76. The van der Waals surface area contributed by atoms with E-state index in [1.54, 1.807) is 18.8 Å². The molecule has 0 bridgehead atoms. The maximum atomic E-state index is 11.6. The second kappa shape index (κ2) is 7.38. The van der Waals surface area contributed by atoms with Crippen LogP contribution in [0.25, 0.3) is 0 Å². The number of hydrogen-bond acceptors (Lipinski definition) is 5. The first-order valence-electron chi connectivity index (χ1n) is 5.98. The van der Waals surface area contributed by atoms with Crippen LogP contribution >= 0.6 is 11.8 Å². The van der Waals surface area contributed by atoms with E-state index < -0.39 is 0 Å². The smallest absolute Gasteiger partial charge is 0.323 e. The van der Waals surface area contributed by atoms with Gasteiger partial charge < -0.3 is 10.1 Å². The van der Waals surface area contributed by atoms with Gasteiger partial charge in [-0.15, -0.1) is 11.8 Å². The van der Waals surface area contributed by atoms with E-state index in [1.807, 2.05) is 32.9 Å². The van der Waals surface area contributed by atoms with Gasteiger partial charge in [-0.2, -0.15) is 0 Å². The molecule has 1 N–H and O–H groups in total. The molecule has 0 aromatic carbocycles. The van der Waals surface area contributed by atoms with Crippen LogP contribution in [-0.2, 0) is 9.53 Å². The van der Waals surface area contributed by atoms with Crippen LogP contribution in [0, 0.1) is 13.8 Å². The van der Waals surface area contributed by atoms with Crippen LogP contribution in [0.15, 0.2) is 17.2 Å². The Bertz CT molecular complexity index is 390. The standard InChI is InChI=1S/C13H20N2O2S/c1-5-17-13(16)11(14-4)8-18-12-7-9(2)6-10(3)15-12/h6-7,11,14H,5,8H2,1-4H3. The summed E-state index contributed by atoms with van der Waals surface area (Å²) in [7, 11) is 1.76. The van der Waals surface area contributed by atoms with Crippen molar-refractivity contribution in [2.75, 3.05) is 19.4 Å². The summed E-state index contributed by atoms with van der Waals surface area (Å²) in [6.07, 6.45) is 0. The number of nitrogens with one attached hydrogen (secondary N) is 1. The third kappa shape index (κ3) is 4.66. The van der Waals surface area contributed by atoms with Gasteiger partial charge in [-0.25, -0.2) is 4.98 Å². The van der Waals surface area contributed by atoms with Crippen molar-refractivity contribution in [3.63, 3.8) is 0 Å². The summed E-state index contributed by atoms with van der Waals surface area (Å²) in [5.41, 5.74) is 2.18. The van der Waals surface area contributed by atoms with Crippen molar-refractivity contribution in [1.82, 2.24) is 10.3 Å². The van der Waals surface area contributed by atoms with Crippen LogP contribution in [0.5, 0.6) is 0 Å². The Morgan fingerprint density at radius 1 is 1.50 bits per heavy atom. The summed E-state index contributed by atoms with van der Waals surface area (Å²) in [5.74, 6) is 0.405. The van der Waals surface area contributed by atoms with Gasteiger partial charge in [0.1, 0.15) is 6.04 Å². The first kappa shape index (κ1) is 15.0. The maximum Gasteiger partial charge on any atom is 0.323 e. The number of carbonyl (C=O) groups excluding carboxylic acids is 1. The molecule has 4 nitrogen and oxygen atoms in total. The molecule has 100 valence electrons. The molecule has 0 saturated carbocycles. The summed E-state index contributed by atoms with van der Waals surface area (Å²) in [5, 5.41) is 3.90. The number of nitrogens with zero attached hydrogens (tertiary/aromatic N) is 1. The lowest BCUT2D eigenvalue weighted by Gasteiger charge is -2.14. The Kier molecular flexibility index (Phi) is 6.15. The van der Waals surface area contributed by atoms with Crippen LogP contribution in [0.4, 0.5) is 0 Å². The third-order valence-corrected chi connectivity index (χ3v) is 3.40. The Morgan fingerprint density at radius 3 is 2.78 bits per heavy atom. The Balaban J connectivity index is 2.59. The van der Waals surface area contributed by atoms with E-state index in [4.69, 9.17) is 4.74 Å². The van der Waals surface area contributed by atoms with E-state index in [2.05, 4.69) is 10.3 Å². The monoisotopic (exact) mass is 268 g/mol. The van der Waals surface area contributed by atoms with Gasteiger partial charge in [0.05, 0.1) is 11.6 Å². The zero-order chi connectivity index (χ0) is 13.5. The average Bonchev–Trinajstić information content (AvgIpc) is 2.29. The molecule has 0 aliphatic carbocycles. The fourth-order valence-corrected chi connectivity index (χ4v) is 2.68. The van der Waals surface area contributed by atoms with E-state index in [-0.39, 0.29) is 12.0 Å². The molecule has 1 atom stereocenters. The zero-order valence-corrected chi connectivity index (χ0v) is 12.1. The highest BCUT2D eigenvalue weighted by atomic mass is 32.2. The van der Waals surface area contributed by atoms with E-state index >= 15 is 0 Å². The molecule has 0 aliphatic rings. The quantitative estimate of drug-likeness (QED) is 0.631. The third-order valence-electron chi connectivity index (χ3n) is 2.39. The minimum atomic E-state index is -0.294. The SMILES string of the molecule is CCOC(=O)C(CSc1cc(C)cc(C)n1)NC. The highest BCUT2D eigenvalue weighted by molar-refractivity contribution is 7.99. The molecule has 0 fully saturated rings. The molecule has 5 heteroatoms. The van der Waals surface area contributed by atoms with Gasteiger partial charge >= 0.3 is 5.97 Å². The van der Waals surface area contributed by atoms with Crippen LogP contribution < -0.4 is 5.32 Å². The molecule has 1 rings (SSSR count). The normalized spacial score (nSPS) is 12.2. The summed E-state index contributed by atoms with van der Waals surface area (Å²) < 4.78 is 5.00. The largest absolute Gasteiger partial charge is 0.465 e. The predicted octanol–water partition coefficient (Wildman–Crippen LogP) is 1.94. The minimum Gasteiger partial charge on any atom is -0.465 e. The van der Waals surface area contributed by atoms with E-state index in [0.717, 1.165) is 10.7 Å². The van der Waals surface area contributed by atoms with Gasteiger partial charge in [0.25, 0.3) is 0 Å². The molecule has 1 unspecified atom stereocenters. The first-order valence-corrected chi connectivity index (χ1v) is 6.97. The predicted molar refractivity (Wildman–Crippen MR) is 73.9 cm³/mol. The Hall–Kier alpha value is -1.07. The van der Waals surface area contributed by atoms with Crippen molar-refractivity contribution >= 4 is 17.7 Å². The molecule has 1 aromatic rings. The molecule has 1 aromatic heterocycles. The molecular weight excluding hydrogens is 248 g/mol. The van der Waals surface area contributed by atoms with Crippen molar-refractivity contribution in [2.45, 2.75) is 31.8 Å². The fraction of sp³-hybridized carbons (Fsp3) is 0.538. The van der Waals surface area contributed by atoms with Crippen molar-refractivity contribution in [3.05, 3.63) is 23.4 Å². The number of ether oxygens (including phenoxy) is 1. The van der Waals surface area contributed by atoms with Gasteiger partial charge in [-0.3, -0.25) is 4.79 Å². The lowest BCUT2D eigenvalue weighted by Crippen LogP contribution is -2.37. The summed E-state index contributed by atoms with van der Waals surface area (Å²) in [6.45, 7) is 6.23. The molecule has 0 saturated heterocycles. The number of rotatable bonds is 6. The van der Waals surface area contributed by atoms with E-state index in [9.17, 15) is 4.79 Å². The number of aromatic nitrogens is 1. The van der Waals surface area contributed by atoms with Crippen LogP contribution in [0.3, 0.4) is 0 Å². The fourth-order valence-electron chi connectivity index (χ4n) is 1.56. The number of carbonyl (C=O) groups is 1. The minimum absolute atomic E-state index is 0.211. The number of pyridine rings is 1. The van der Waals surface area contributed by atoms with Crippen molar-refractivity contribution in [3.8, 4) is 0 Å². The second-order valence-corrected chi connectivity index (χ2v) is 5.07. The molecule has 0 amide bonds. The van der Waals surface area contributed by atoms with Gasteiger partial charge in [-0.1, -0.05) is 0 Å².